The van der Waals surface area contributed by atoms with Gasteiger partial charge in [-0.25, -0.2) is 4.57 Å². The second kappa shape index (κ2) is 21.9. The van der Waals surface area contributed by atoms with Gasteiger partial charge in [0.2, 0.25) is 0 Å². The van der Waals surface area contributed by atoms with Crippen molar-refractivity contribution in [3.8, 4) is 0 Å². The predicted molar refractivity (Wildman–Crippen MR) is 198 cm³/mol. The van der Waals surface area contributed by atoms with E-state index in [1.165, 1.54) is 19.3 Å². The minimum atomic E-state index is -4.42. The van der Waals surface area contributed by atoms with Crippen LogP contribution < -0.4 is 0 Å². The van der Waals surface area contributed by atoms with Crippen LogP contribution in [0.4, 0.5) is 0 Å². The highest BCUT2D eigenvalue weighted by atomic mass is 31.2. The Morgan fingerprint density at radius 2 is 1.12 bits per heavy atom. The Labute approximate surface area is 305 Å². The lowest BCUT2D eigenvalue weighted by Crippen LogP contribution is -2.61. The number of likely N-dealkylation sites (N-methyl/N-ethyl adjacent to an activating group) is 1. The fourth-order valence-electron chi connectivity index (χ4n) is 5.73. The molecule has 4 rings (SSSR count). The highest BCUT2D eigenvalue weighted by Gasteiger charge is 2.49. The molecule has 1 saturated heterocycles. The third kappa shape index (κ3) is 15.6. The van der Waals surface area contributed by atoms with E-state index in [4.69, 9.17) is 32.7 Å². The Kier molecular flexibility index (Phi) is 17.7. The van der Waals surface area contributed by atoms with Crippen LogP contribution >= 0.6 is 7.82 Å². The van der Waals surface area contributed by atoms with E-state index in [0.29, 0.717) is 24.2 Å². The summed E-state index contributed by atoms with van der Waals surface area (Å²) >= 11 is 0. The Morgan fingerprint density at radius 3 is 1.65 bits per heavy atom. The Bertz CT molecular complexity index is 1390. The van der Waals surface area contributed by atoms with Crippen molar-refractivity contribution in [1.82, 2.24) is 0 Å². The van der Waals surface area contributed by atoms with Crippen LogP contribution in [0.15, 0.2) is 91.0 Å². The molecule has 1 aliphatic heterocycles. The van der Waals surface area contributed by atoms with E-state index < -0.39 is 38.5 Å². The zero-order valence-electron chi connectivity index (χ0n) is 30.8. The van der Waals surface area contributed by atoms with Gasteiger partial charge in [0.1, 0.15) is 37.6 Å². The number of benzene rings is 3. The van der Waals surface area contributed by atoms with Crippen LogP contribution in [0.2, 0.25) is 0 Å². The molecule has 1 unspecified atom stereocenters. The second-order valence-electron chi connectivity index (χ2n) is 14.1. The molecule has 3 aromatic carbocycles. The molecule has 1 fully saturated rings. The fraction of sp³-hybridized carbons (Fsp3) is 0.550. The van der Waals surface area contributed by atoms with Gasteiger partial charge in [-0.05, 0) is 23.1 Å². The number of phosphoric acid groups is 1. The van der Waals surface area contributed by atoms with E-state index in [9.17, 15) is 9.46 Å². The summed E-state index contributed by atoms with van der Waals surface area (Å²) in [6.07, 6.45) is 2.84. The van der Waals surface area contributed by atoms with Crippen molar-refractivity contribution in [1.29, 1.82) is 0 Å². The summed E-state index contributed by atoms with van der Waals surface area (Å²) in [5, 5.41) is 0. The number of phosphoric ester groups is 1. The van der Waals surface area contributed by atoms with Crippen LogP contribution in [0.25, 0.3) is 0 Å². The van der Waals surface area contributed by atoms with Crippen LogP contribution in [-0.4, -0.2) is 87.6 Å². The minimum Gasteiger partial charge on any atom is -0.368 e. The van der Waals surface area contributed by atoms with E-state index in [0.717, 1.165) is 36.0 Å². The third-order valence-corrected chi connectivity index (χ3v) is 9.63. The van der Waals surface area contributed by atoms with Crippen LogP contribution in [0.3, 0.4) is 0 Å². The molecule has 0 spiro atoms. The summed E-state index contributed by atoms with van der Waals surface area (Å²) in [4.78, 5) is 10.7. The number of nitrogens with zero attached hydrogens (tertiary/aromatic N) is 1. The molecule has 10 nitrogen and oxygen atoms in total. The number of unbranched alkanes of at least 4 members (excludes halogenated alkanes) is 5. The van der Waals surface area contributed by atoms with Gasteiger partial charge in [-0.1, -0.05) is 130 Å². The maximum atomic E-state index is 13.1. The summed E-state index contributed by atoms with van der Waals surface area (Å²) in [7, 11) is 1.52. The largest absolute Gasteiger partial charge is 0.472 e. The zero-order valence-corrected chi connectivity index (χ0v) is 31.7. The summed E-state index contributed by atoms with van der Waals surface area (Å²) in [6, 6.07) is 29.6. The molecular weight excluding hydrogens is 669 g/mol. The molecule has 0 bridgehead atoms. The van der Waals surface area contributed by atoms with Crippen molar-refractivity contribution in [2.45, 2.75) is 96.0 Å². The van der Waals surface area contributed by atoms with E-state index in [-0.39, 0.29) is 26.4 Å². The molecule has 11 heteroatoms. The van der Waals surface area contributed by atoms with Crippen molar-refractivity contribution in [3.05, 3.63) is 108 Å². The van der Waals surface area contributed by atoms with Crippen molar-refractivity contribution in [2.24, 2.45) is 0 Å². The van der Waals surface area contributed by atoms with Crippen LogP contribution in [0.1, 0.15) is 62.1 Å². The predicted octanol–water partition coefficient (Wildman–Crippen LogP) is 7.68. The molecular formula is C40H59NO9P+. The number of rotatable bonds is 24. The van der Waals surface area contributed by atoms with Crippen molar-refractivity contribution >= 4 is 7.82 Å². The zero-order chi connectivity index (χ0) is 36.4. The van der Waals surface area contributed by atoms with Crippen LogP contribution in [0.5, 0.6) is 0 Å². The molecule has 51 heavy (non-hydrogen) atoms. The maximum absolute atomic E-state index is 13.1. The summed E-state index contributed by atoms with van der Waals surface area (Å²) in [5.74, 6) is 0. The van der Waals surface area contributed by atoms with Gasteiger partial charge in [0, 0.05) is 6.61 Å². The van der Waals surface area contributed by atoms with Crippen molar-refractivity contribution in [3.63, 3.8) is 0 Å². The SMILES string of the molecule is CCCCCCCCO[C@@H]1O[C@H](COP(=O)(O)OCC[N+](C)(C)C)[C@H](OCc2ccccc2)[C@H](OCc2ccccc2)[C@H]1OCc1ccccc1. The monoisotopic (exact) mass is 728 g/mol. The van der Waals surface area contributed by atoms with Gasteiger partial charge in [-0.3, -0.25) is 9.05 Å². The van der Waals surface area contributed by atoms with E-state index in [1.54, 1.807) is 0 Å². The third-order valence-electron chi connectivity index (χ3n) is 8.65. The van der Waals surface area contributed by atoms with Gasteiger partial charge in [0.25, 0.3) is 0 Å². The lowest BCUT2D eigenvalue weighted by atomic mass is 9.98. The lowest BCUT2D eigenvalue weighted by Gasteiger charge is -2.46. The average Bonchev–Trinajstić information content (AvgIpc) is 3.12. The first kappa shape index (κ1) is 41.3. The first-order valence-electron chi connectivity index (χ1n) is 18.3. The molecule has 0 radical (unpaired) electrons. The number of hydrogen-bond acceptors (Lipinski definition) is 8. The standard InChI is InChI=1S/C40H58NO9P/c1-5-6-7-8-9-19-27-44-40-39(47-31-35-24-17-12-18-25-35)38(46-30-34-22-15-11-16-23-34)37(45-29-33-20-13-10-14-21-33)36(50-40)32-49-51(42,43)48-28-26-41(2,3)4/h10-18,20-25,36-40H,5-9,19,26-32H2,1-4H3/p+1/t36-,37+,38+,39-,40-/m1/s1. The fourth-order valence-corrected chi connectivity index (χ4v) is 6.45. The molecule has 1 heterocycles. The molecule has 0 amide bonds. The minimum absolute atomic E-state index is 0.0545. The molecule has 0 aromatic heterocycles. The molecule has 1 aliphatic rings. The highest BCUT2D eigenvalue weighted by molar-refractivity contribution is 7.47. The Balaban J connectivity index is 1.60. The topological polar surface area (TPSA) is 102 Å². The van der Waals surface area contributed by atoms with E-state index >= 15 is 0 Å². The van der Waals surface area contributed by atoms with Gasteiger partial charge in [-0.15, -0.1) is 0 Å². The normalized spacial score (nSPS) is 22.1. The second-order valence-corrected chi connectivity index (χ2v) is 15.5. The molecule has 6 atom stereocenters. The number of ether oxygens (including phenoxy) is 5. The lowest BCUT2D eigenvalue weighted by molar-refractivity contribution is -0.870. The van der Waals surface area contributed by atoms with E-state index in [1.807, 2.05) is 112 Å². The first-order valence-corrected chi connectivity index (χ1v) is 19.8. The van der Waals surface area contributed by atoms with Gasteiger partial charge >= 0.3 is 7.82 Å². The van der Waals surface area contributed by atoms with Gasteiger partial charge in [0.05, 0.1) is 47.6 Å². The number of quaternary nitrogens is 1. The van der Waals surface area contributed by atoms with Crippen molar-refractivity contribution in [2.75, 3.05) is 47.5 Å². The van der Waals surface area contributed by atoms with E-state index in [2.05, 4.69) is 6.92 Å². The summed E-state index contributed by atoms with van der Waals surface area (Å²) in [5.41, 5.74) is 2.93. The molecule has 282 valence electrons. The van der Waals surface area contributed by atoms with Crippen molar-refractivity contribution < 1.29 is 46.7 Å². The summed E-state index contributed by atoms with van der Waals surface area (Å²) in [6.45, 7) is 3.80. The van der Waals surface area contributed by atoms with Gasteiger partial charge in [0.15, 0.2) is 6.29 Å². The summed E-state index contributed by atoms with van der Waals surface area (Å²) < 4.78 is 57.6. The smallest absolute Gasteiger partial charge is 0.368 e. The van der Waals surface area contributed by atoms with Crippen LogP contribution in [-0.2, 0) is 57.1 Å². The molecule has 0 aliphatic carbocycles. The highest BCUT2D eigenvalue weighted by Crippen LogP contribution is 2.44. The molecule has 1 N–H and O–H groups in total. The van der Waals surface area contributed by atoms with Crippen LogP contribution in [0, 0.1) is 0 Å². The Morgan fingerprint density at radius 1 is 0.627 bits per heavy atom. The maximum Gasteiger partial charge on any atom is 0.472 e. The van der Waals surface area contributed by atoms with Gasteiger partial charge < -0.3 is 33.1 Å². The molecule has 3 aromatic rings. The average molecular weight is 729 g/mol. The van der Waals surface area contributed by atoms with Gasteiger partial charge in [-0.2, -0.15) is 0 Å². The first-order chi connectivity index (χ1) is 24.6. The number of hydrogen-bond donors (Lipinski definition) is 1. The Hall–Kier alpha value is -2.47. The molecule has 0 saturated carbocycles. The quantitative estimate of drug-likeness (QED) is 0.0566.